The minimum absolute atomic E-state index is 0.107. The smallest absolute Gasteiger partial charge is 0.258 e. The van der Waals surface area contributed by atoms with E-state index in [9.17, 15) is 4.79 Å². The van der Waals surface area contributed by atoms with Crippen LogP contribution < -0.4 is 20.1 Å². The number of piperazine rings is 1. The van der Waals surface area contributed by atoms with Crippen molar-refractivity contribution in [3.05, 3.63) is 119 Å². The molecule has 166 valence electrons. The van der Waals surface area contributed by atoms with Gasteiger partial charge >= 0.3 is 0 Å². The fourth-order valence-electron chi connectivity index (χ4n) is 4.19. The van der Waals surface area contributed by atoms with Crippen molar-refractivity contribution in [3.63, 3.8) is 0 Å². The van der Waals surface area contributed by atoms with Gasteiger partial charge in [-0.05, 0) is 48.0 Å². The average Bonchev–Trinajstić information content (AvgIpc) is 2.89. The highest BCUT2D eigenvalue weighted by molar-refractivity contribution is 5.54. The fraction of sp³-hybridized carbons (Fsp3) is 0.179. The minimum atomic E-state index is -0.107. The topological polar surface area (TPSA) is 37.7 Å². The maximum absolute atomic E-state index is 12.7. The number of hydrogen-bond donors (Lipinski definition) is 0. The molecular formula is C28H27N3O2. The average molecular weight is 438 g/mol. The zero-order valence-electron chi connectivity index (χ0n) is 18.5. The Bertz CT molecular complexity index is 1230. The lowest BCUT2D eigenvalue weighted by Gasteiger charge is -2.37. The predicted octanol–water partition coefficient (Wildman–Crippen LogP) is 4.74. The van der Waals surface area contributed by atoms with Gasteiger partial charge in [0.15, 0.2) is 0 Å². The van der Waals surface area contributed by atoms with Gasteiger partial charge in [-0.1, -0.05) is 48.5 Å². The number of pyridine rings is 1. The van der Waals surface area contributed by atoms with Crippen LogP contribution in [-0.2, 0) is 6.61 Å². The summed E-state index contributed by atoms with van der Waals surface area (Å²) in [5.74, 6) is 0.577. The summed E-state index contributed by atoms with van der Waals surface area (Å²) in [6.45, 7) is 4.38. The molecule has 3 aromatic carbocycles. The van der Waals surface area contributed by atoms with Gasteiger partial charge in [0, 0.05) is 55.5 Å². The quantitative estimate of drug-likeness (QED) is 0.437. The summed E-state index contributed by atoms with van der Waals surface area (Å²) in [4.78, 5) is 17.5. The van der Waals surface area contributed by atoms with Gasteiger partial charge in [0.05, 0.1) is 0 Å². The summed E-state index contributed by atoms with van der Waals surface area (Å²) >= 11 is 0. The van der Waals surface area contributed by atoms with Crippen molar-refractivity contribution >= 4 is 11.4 Å². The highest BCUT2D eigenvalue weighted by atomic mass is 16.5. The lowest BCUT2D eigenvalue weighted by molar-refractivity contribution is 0.305. The lowest BCUT2D eigenvalue weighted by Crippen LogP contribution is -2.46. The van der Waals surface area contributed by atoms with Crippen LogP contribution in [0.25, 0.3) is 5.69 Å². The van der Waals surface area contributed by atoms with E-state index < -0.39 is 0 Å². The number of ether oxygens (including phenoxy) is 1. The number of nitrogens with zero attached hydrogens (tertiary/aromatic N) is 3. The molecule has 1 saturated heterocycles. The molecule has 5 nitrogen and oxygen atoms in total. The van der Waals surface area contributed by atoms with E-state index in [1.165, 1.54) is 11.4 Å². The SMILES string of the molecule is O=c1cc(OCc2ccccc2)ccn1-c1ccc(N2CCN(c3ccccc3)CC2)cc1. The molecule has 1 fully saturated rings. The summed E-state index contributed by atoms with van der Waals surface area (Å²) in [5, 5.41) is 0. The van der Waals surface area contributed by atoms with Crippen LogP contribution in [0.5, 0.6) is 5.75 Å². The maximum atomic E-state index is 12.7. The normalized spacial score (nSPS) is 13.7. The molecule has 1 aliphatic rings. The molecule has 0 saturated carbocycles. The van der Waals surface area contributed by atoms with Crippen LogP contribution in [0, 0.1) is 0 Å². The Labute approximate surface area is 194 Å². The third kappa shape index (κ3) is 4.93. The molecule has 0 amide bonds. The van der Waals surface area contributed by atoms with E-state index in [0.29, 0.717) is 12.4 Å². The second-order valence-electron chi connectivity index (χ2n) is 8.17. The van der Waals surface area contributed by atoms with Crippen molar-refractivity contribution in [1.29, 1.82) is 0 Å². The zero-order chi connectivity index (χ0) is 22.5. The van der Waals surface area contributed by atoms with Gasteiger partial charge < -0.3 is 14.5 Å². The maximum Gasteiger partial charge on any atom is 0.258 e. The highest BCUT2D eigenvalue weighted by Gasteiger charge is 2.17. The Morgan fingerprint density at radius 2 is 1.18 bits per heavy atom. The summed E-state index contributed by atoms with van der Waals surface area (Å²) < 4.78 is 7.42. The van der Waals surface area contributed by atoms with E-state index in [4.69, 9.17) is 4.74 Å². The molecule has 2 heterocycles. The molecular weight excluding hydrogens is 410 g/mol. The number of hydrogen-bond acceptors (Lipinski definition) is 4. The zero-order valence-corrected chi connectivity index (χ0v) is 18.5. The van der Waals surface area contributed by atoms with Crippen molar-refractivity contribution in [1.82, 2.24) is 4.57 Å². The number of anilines is 2. The lowest BCUT2D eigenvalue weighted by atomic mass is 10.2. The summed E-state index contributed by atoms with van der Waals surface area (Å²) in [6.07, 6.45) is 1.77. The van der Waals surface area contributed by atoms with Crippen LogP contribution in [0.2, 0.25) is 0 Å². The molecule has 0 radical (unpaired) electrons. The molecule has 1 aromatic heterocycles. The largest absolute Gasteiger partial charge is 0.489 e. The minimum Gasteiger partial charge on any atom is -0.489 e. The van der Waals surface area contributed by atoms with Crippen LogP contribution in [0.1, 0.15) is 5.56 Å². The molecule has 33 heavy (non-hydrogen) atoms. The van der Waals surface area contributed by atoms with Gasteiger partial charge in [-0.15, -0.1) is 0 Å². The van der Waals surface area contributed by atoms with E-state index >= 15 is 0 Å². The van der Waals surface area contributed by atoms with E-state index in [1.807, 2.05) is 48.5 Å². The van der Waals surface area contributed by atoms with Crippen molar-refractivity contribution in [2.24, 2.45) is 0 Å². The first kappa shape index (κ1) is 20.9. The number of benzene rings is 3. The van der Waals surface area contributed by atoms with Crippen molar-refractivity contribution in [2.45, 2.75) is 6.61 Å². The van der Waals surface area contributed by atoms with Crippen LogP contribution in [0.3, 0.4) is 0 Å². The monoisotopic (exact) mass is 437 g/mol. The van der Waals surface area contributed by atoms with Gasteiger partial charge in [0.2, 0.25) is 0 Å². The first-order chi connectivity index (χ1) is 16.3. The highest BCUT2D eigenvalue weighted by Crippen LogP contribution is 2.22. The van der Waals surface area contributed by atoms with Crippen molar-refractivity contribution < 1.29 is 4.74 Å². The second kappa shape index (κ2) is 9.65. The van der Waals surface area contributed by atoms with E-state index in [-0.39, 0.29) is 5.56 Å². The molecule has 4 aromatic rings. The Kier molecular flexibility index (Phi) is 6.11. The second-order valence-corrected chi connectivity index (χ2v) is 8.17. The van der Waals surface area contributed by atoms with E-state index in [1.54, 1.807) is 16.8 Å². The third-order valence-electron chi connectivity index (χ3n) is 6.03. The Balaban J connectivity index is 1.22. The number of para-hydroxylation sites is 1. The Morgan fingerprint density at radius 1 is 0.636 bits per heavy atom. The molecule has 0 aliphatic carbocycles. The van der Waals surface area contributed by atoms with Crippen molar-refractivity contribution in [3.8, 4) is 11.4 Å². The number of rotatable bonds is 6. The van der Waals surface area contributed by atoms with Gasteiger partial charge in [-0.2, -0.15) is 0 Å². The standard InChI is InChI=1S/C28H27N3O2/c32-28-21-27(33-22-23-7-3-1-4-8-23)15-16-31(28)26-13-11-25(12-14-26)30-19-17-29(18-20-30)24-9-5-2-6-10-24/h1-16,21H,17-20,22H2. The summed E-state index contributed by atoms with van der Waals surface area (Å²) in [5.41, 5.74) is 4.28. The van der Waals surface area contributed by atoms with E-state index in [0.717, 1.165) is 37.4 Å². The van der Waals surface area contributed by atoms with Crippen LogP contribution in [-0.4, -0.2) is 30.7 Å². The first-order valence-corrected chi connectivity index (χ1v) is 11.3. The van der Waals surface area contributed by atoms with Gasteiger partial charge in [-0.25, -0.2) is 0 Å². The van der Waals surface area contributed by atoms with Crippen LogP contribution in [0.4, 0.5) is 11.4 Å². The Morgan fingerprint density at radius 3 is 1.79 bits per heavy atom. The van der Waals surface area contributed by atoms with Gasteiger partial charge in [-0.3, -0.25) is 9.36 Å². The fourth-order valence-corrected chi connectivity index (χ4v) is 4.19. The van der Waals surface area contributed by atoms with E-state index in [2.05, 4.69) is 52.3 Å². The van der Waals surface area contributed by atoms with Crippen LogP contribution >= 0.6 is 0 Å². The molecule has 0 spiro atoms. The van der Waals surface area contributed by atoms with Gasteiger partial charge in [0.1, 0.15) is 12.4 Å². The first-order valence-electron chi connectivity index (χ1n) is 11.3. The molecule has 0 unspecified atom stereocenters. The molecule has 0 N–H and O–H groups in total. The summed E-state index contributed by atoms with van der Waals surface area (Å²) in [6, 6.07) is 32.1. The third-order valence-corrected chi connectivity index (χ3v) is 6.03. The molecule has 5 rings (SSSR count). The molecule has 0 atom stereocenters. The van der Waals surface area contributed by atoms with Crippen molar-refractivity contribution in [2.75, 3.05) is 36.0 Å². The molecule has 5 heteroatoms. The summed E-state index contributed by atoms with van der Waals surface area (Å²) in [7, 11) is 0. The predicted molar refractivity (Wildman–Crippen MR) is 134 cm³/mol. The molecule has 0 bridgehead atoms. The van der Waals surface area contributed by atoms with Gasteiger partial charge in [0.25, 0.3) is 5.56 Å². The molecule has 1 aliphatic heterocycles. The number of aromatic nitrogens is 1. The van der Waals surface area contributed by atoms with Crippen LogP contribution in [0.15, 0.2) is 108 Å². The Hall–Kier alpha value is -3.99.